The van der Waals surface area contributed by atoms with Crippen molar-refractivity contribution in [3.05, 3.63) is 70.2 Å². The zero-order valence-corrected chi connectivity index (χ0v) is 17.3. The molecule has 2 aromatic carbocycles. The van der Waals surface area contributed by atoms with E-state index in [2.05, 4.69) is 38.8 Å². The number of aliphatic imine (C=N–C) groups is 1. The number of benzene rings is 2. The smallest absolute Gasteiger partial charge is 0.191 e. The van der Waals surface area contributed by atoms with Gasteiger partial charge in [0, 0.05) is 17.5 Å². The molecule has 0 radical (unpaired) electrons. The molecule has 5 nitrogen and oxygen atoms in total. The van der Waals surface area contributed by atoms with Crippen LogP contribution in [0.2, 0.25) is 0 Å². The van der Waals surface area contributed by atoms with Gasteiger partial charge in [-0.2, -0.15) is 0 Å². The SMILES string of the molecule is CN=C(NCCOc1ccccc1-c1ccccc1)NCc1sc(C)nc1C. The van der Waals surface area contributed by atoms with E-state index in [9.17, 15) is 0 Å². The number of ether oxygens (including phenoxy) is 1. The Kier molecular flexibility index (Phi) is 7.03. The standard InChI is InChI=1S/C22H26N4OS/c1-16-21(28-17(2)26-16)15-25-22(23-3)24-13-14-27-20-12-8-7-11-19(20)18-9-5-4-6-10-18/h4-12H,13-15H2,1-3H3,(H2,23,24,25). The van der Waals surface area contributed by atoms with Gasteiger partial charge in [0.15, 0.2) is 5.96 Å². The van der Waals surface area contributed by atoms with Gasteiger partial charge in [-0.1, -0.05) is 48.5 Å². The molecule has 0 unspecified atom stereocenters. The highest BCUT2D eigenvalue weighted by molar-refractivity contribution is 7.11. The summed E-state index contributed by atoms with van der Waals surface area (Å²) in [6.45, 7) is 5.98. The first-order chi connectivity index (χ1) is 13.7. The summed E-state index contributed by atoms with van der Waals surface area (Å²) >= 11 is 1.71. The van der Waals surface area contributed by atoms with Gasteiger partial charge in [0.2, 0.25) is 0 Å². The third-order valence-corrected chi connectivity index (χ3v) is 5.34. The van der Waals surface area contributed by atoms with Crippen molar-refractivity contribution in [3.63, 3.8) is 0 Å². The zero-order valence-electron chi connectivity index (χ0n) is 16.5. The van der Waals surface area contributed by atoms with Crippen LogP contribution in [0.15, 0.2) is 59.6 Å². The maximum Gasteiger partial charge on any atom is 0.191 e. The van der Waals surface area contributed by atoms with E-state index >= 15 is 0 Å². The molecule has 1 aromatic heterocycles. The number of thiazole rings is 1. The monoisotopic (exact) mass is 394 g/mol. The molecule has 1 heterocycles. The minimum Gasteiger partial charge on any atom is -0.491 e. The Bertz CT molecular complexity index is 921. The summed E-state index contributed by atoms with van der Waals surface area (Å²) < 4.78 is 6.02. The quantitative estimate of drug-likeness (QED) is 0.359. The van der Waals surface area contributed by atoms with Crippen molar-refractivity contribution in [2.45, 2.75) is 20.4 Å². The van der Waals surface area contributed by atoms with Gasteiger partial charge in [-0.3, -0.25) is 4.99 Å². The van der Waals surface area contributed by atoms with Crippen LogP contribution >= 0.6 is 11.3 Å². The molecule has 3 rings (SSSR count). The average Bonchev–Trinajstić information content (AvgIpc) is 3.05. The first-order valence-corrected chi connectivity index (χ1v) is 10.1. The molecule has 0 spiro atoms. The fourth-order valence-electron chi connectivity index (χ4n) is 2.90. The fraction of sp³-hybridized carbons (Fsp3) is 0.273. The highest BCUT2D eigenvalue weighted by atomic mass is 32.1. The van der Waals surface area contributed by atoms with Gasteiger partial charge in [-0.05, 0) is 25.5 Å². The number of para-hydroxylation sites is 1. The maximum absolute atomic E-state index is 6.02. The molecule has 28 heavy (non-hydrogen) atoms. The Morgan fingerprint density at radius 2 is 1.79 bits per heavy atom. The Morgan fingerprint density at radius 3 is 2.50 bits per heavy atom. The van der Waals surface area contributed by atoms with Crippen molar-refractivity contribution in [1.82, 2.24) is 15.6 Å². The topological polar surface area (TPSA) is 58.5 Å². The summed E-state index contributed by atoms with van der Waals surface area (Å²) in [6, 6.07) is 18.4. The van der Waals surface area contributed by atoms with Crippen LogP contribution in [-0.4, -0.2) is 31.1 Å². The van der Waals surface area contributed by atoms with Crippen molar-refractivity contribution in [3.8, 4) is 16.9 Å². The molecule has 0 aliphatic rings. The summed E-state index contributed by atoms with van der Waals surface area (Å²) in [5.41, 5.74) is 3.33. The molecule has 0 saturated carbocycles. The molecule has 0 amide bonds. The second kappa shape index (κ2) is 9.90. The predicted molar refractivity (Wildman–Crippen MR) is 117 cm³/mol. The first kappa shape index (κ1) is 19.9. The number of aryl methyl sites for hydroxylation is 2. The van der Waals surface area contributed by atoms with Crippen LogP contribution in [0.4, 0.5) is 0 Å². The van der Waals surface area contributed by atoms with E-state index < -0.39 is 0 Å². The van der Waals surface area contributed by atoms with Crippen molar-refractivity contribution < 1.29 is 4.74 Å². The number of rotatable bonds is 7. The lowest BCUT2D eigenvalue weighted by molar-refractivity contribution is 0.323. The number of hydrogen-bond donors (Lipinski definition) is 2. The van der Waals surface area contributed by atoms with E-state index in [1.807, 2.05) is 50.2 Å². The van der Waals surface area contributed by atoms with E-state index in [1.54, 1.807) is 18.4 Å². The number of hydrogen-bond acceptors (Lipinski definition) is 4. The van der Waals surface area contributed by atoms with Crippen LogP contribution in [-0.2, 0) is 6.54 Å². The Labute approximate surface area is 170 Å². The van der Waals surface area contributed by atoms with Crippen molar-refractivity contribution >= 4 is 17.3 Å². The number of nitrogens with zero attached hydrogens (tertiary/aromatic N) is 2. The number of guanidine groups is 1. The zero-order chi connectivity index (χ0) is 19.8. The van der Waals surface area contributed by atoms with Crippen molar-refractivity contribution in [2.75, 3.05) is 20.2 Å². The minimum atomic E-state index is 0.545. The van der Waals surface area contributed by atoms with Crippen LogP contribution in [0.3, 0.4) is 0 Å². The highest BCUT2D eigenvalue weighted by Gasteiger charge is 2.07. The number of aromatic nitrogens is 1. The summed E-state index contributed by atoms with van der Waals surface area (Å²) in [6.07, 6.45) is 0. The van der Waals surface area contributed by atoms with Crippen LogP contribution in [0.25, 0.3) is 11.1 Å². The van der Waals surface area contributed by atoms with Crippen molar-refractivity contribution in [2.24, 2.45) is 4.99 Å². The largest absolute Gasteiger partial charge is 0.491 e. The molecular formula is C22H26N4OS. The van der Waals surface area contributed by atoms with E-state index in [0.717, 1.165) is 33.5 Å². The Balaban J connectivity index is 1.49. The average molecular weight is 395 g/mol. The van der Waals surface area contributed by atoms with E-state index in [0.29, 0.717) is 19.7 Å². The third-order valence-electron chi connectivity index (χ3n) is 4.26. The molecule has 0 bridgehead atoms. The van der Waals surface area contributed by atoms with E-state index in [4.69, 9.17) is 4.74 Å². The molecule has 2 N–H and O–H groups in total. The van der Waals surface area contributed by atoms with Gasteiger partial charge < -0.3 is 15.4 Å². The summed E-state index contributed by atoms with van der Waals surface area (Å²) in [5.74, 6) is 1.64. The molecule has 6 heteroatoms. The van der Waals surface area contributed by atoms with Gasteiger partial charge in [-0.15, -0.1) is 11.3 Å². The van der Waals surface area contributed by atoms with Crippen LogP contribution in [0.1, 0.15) is 15.6 Å². The fourth-order valence-corrected chi connectivity index (χ4v) is 3.78. The van der Waals surface area contributed by atoms with E-state index in [-0.39, 0.29) is 0 Å². The normalized spacial score (nSPS) is 11.3. The Morgan fingerprint density at radius 1 is 1.04 bits per heavy atom. The van der Waals surface area contributed by atoms with Gasteiger partial charge in [0.25, 0.3) is 0 Å². The van der Waals surface area contributed by atoms with Gasteiger partial charge >= 0.3 is 0 Å². The van der Waals surface area contributed by atoms with Crippen LogP contribution < -0.4 is 15.4 Å². The highest BCUT2D eigenvalue weighted by Crippen LogP contribution is 2.29. The molecule has 0 aliphatic carbocycles. The molecular weight excluding hydrogens is 368 g/mol. The minimum absolute atomic E-state index is 0.545. The first-order valence-electron chi connectivity index (χ1n) is 9.32. The molecule has 0 aliphatic heterocycles. The lowest BCUT2D eigenvalue weighted by Gasteiger charge is -2.14. The molecule has 0 saturated heterocycles. The molecule has 146 valence electrons. The lowest BCUT2D eigenvalue weighted by atomic mass is 10.1. The molecule has 3 aromatic rings. The van der Waals surface area contributed by atoms with Gasteiger partial charge in [-0.25, -0.2) is 4.98 Å². The second-order valence-electron chi connectivity index (χ2n) is 6.30. The third kappa shape index (κ3) is 5.33. The predicted octanol–water partition coefficient (Wildman–Crippen LogP) is 4.17. The molecule has 0 fully saturated rings. The lowest BCUT2D eigenvalue weighted by Crippen LogP contribution is -2.38. The van der Waals surface area contributed by atoms with Gasteiger partial charge in [0.1, 0.15) is 12.4 Å². The summed E-state index contributed by atoms with van der Waals surface area (Å²) in [4.78, 5) is 9.96. The maximum atomic E-state index is 6.02. The van der Waals surface area contributed by atoms with Gasteiger partial charge in [0.05, 0.1) is 23.8 Å². The van der Waals surface area contributed by atoms with Crippen molar-refractivity contribution in [1.29, 1.82) is 0 Å². The van der Waals surface area contributed by atoms with Crippen LogP contribution in [0, 0.1) is 13.8 Å². The summed E-state index contributed by atoms with van der Waals surface area (Å²) in [7, 11) is 1.77. The summed E-state index contributed by atoms with van der Waals surface area (Å²) in [5, 5.41) is 7.71. The van der Waals surface area contributed by atoms with E-state index in [1.165, 1.54) is 4.88 Å². The molecule has 0 atom stereocenters. The van der Waals surface area contributed by atoms with Crippen LogP contribution in [0.5, 0.6) is 5.75 Å². The Hall–Kier alpha value is -2.86. The second-order valence-corrected chi connectivity index (χ2v) is 7.59. The number of nitrogens with one attached hydrogen (secondary N) is 2.